The molecule has 0 amide bonds. The molecule has 2 aliphatic rings. The van der Waals surface area contributed by atoms with Crippen molar-refractivity contribution in [1.29, 1.82) is 0 Å². The highest BCUT2D eigenvalue weighted by atomic mass is 16.3. The fourth-order valence-electron chi connectivity index (χ4n) is 4.87. The number of nitrogens with zero attached hydrogens (tertiary/aromatic N) is 2. The van der Waals surface area contributed by atoms with Gasteiger partial charge in [0.2, 0.25) is 0 Å². The summed E-state index contributed by atoms with van der Waals surface area (Å²) in [6.45, 7) is 4.74. The second kappa shape index (κ2) is 8.30. The summed E-state index contributed by atoms with van der Waals surface area (Å²) in [6.07, 6.45) is 11.4. The molecule has 0 bridgehead atoms. The summed E-state index contributed by atoms with van der Waals surface area (Å²) < 4.78 is 0. The van der Waals surface area contributed by atoms with E-state index < -0.39 is 0 Å². The van der Waals surface area contributed by atoms with Crippen LogP contribution in [-0.2, 0) is 24.7 Å². The molecule has 0 saturated heterocycles. The first-order chi connectivity index (χ1) is 14.1. The molecule has 0 saturated carbocycles. The van der Waals surface area contributed by atoms with Gasteiger partial charge in [-0.3, -0.25) is 0 Å². The van der Waals surface area contributed by atoms with Gasteiger partial charge in [-0.2, -0.15) is 0 Å². The zero-order valence-corrected chi connectivity index (χ0v) is 17.2. The number of fused-ring (bicyclic) bond motifs is 5. The summed E-state index contributed by atoms with van der Waals surface area (Å²) in [5.74, 6) is 0. The minimum absolute atomic E-state index is 0.0294. The number of aryl methyl sites for hydroxylation is 1. The Labute approximate surface area is 173 Å². The van der Waals surface area contributed by atoms with Crippen LogP contribution in [0.4, 0.5) is 0 Å². The van der Waals surface area contributed by atoms with Crippen LogP contribution < -0.4 is 0 Å². The lowest BCUT2D eigenvalue weighted by atomic mass is 9.68. The molecule has 0 radical (unpaired) electrons. The second-order valence-corrected chi connectivity index (χ2v) is 8.24. The van der Waals surface area contributed by atoms with Crippen LogP contribution in [0.1, 0.15) is 42.5 Å². The van der Waals surface area contributed by atoms with Crippen LogP contribution in [-0.4, -0.2) is 21.7 Å². The molecule has 0 spiro atoms. The van der Waals surface area contributed by atoms with E-state index >= 15 is 0 Å². The SMILES string of the molecule is CC1=CC(C)(CCO)c2ccc3c(c2C1)CCc1ccccc1-3.c1cncnc1. The zero-order valence-electron chi connectivity index (χ0n) is 17.2. The van der Waals surface area contributed by atoms with Crippen molar-refractivity contribution >= 4 is 0 Å². The largest absolute Gasteiger partial charge is 0.396 e. The van der Waals surface area contributed by atoms with Crippen LogP contribution in [0.25, 0.3) is 11.1 Å². The Hall–Kier alpha value is -2.78. The number of benzene rings is 2. The number of rotatable bonds is 2. The standard InChI is InChI=1S/C22H24O.C4H4N2/c1-15-13-20-19-8-7-16-5-3-4-6-17(16)18(19)9-10-21(20)22(2,14-15)11-12-23;1-2-5-4-6-3-1/h3-6,9-10,14,23H,7-8,11-13H2,1-2H3;1-4H. The van der Waals surface area contributed by atoms with Gasteiger partial charge < -0.3 is 5.11 Å². The molecule has 1 aromatic heterocycles. The van der Waals surface area contributed by atoms with Gasteiger partial charge >= 0.3 is 0 Å². The lowest BCUT2D eigenvalue weighted by Gasteiger charge is -2.36. The summed E-state index contributed by atoms with van der Waals surface area (Å²) in [4.78, 5) is 7.35. The van der Waals surface area contributed by atoms with Crippen molar-refractivity contribution < 1.29 is 5.11 Å². The first-order valence-electron chi connectivity index (χ1n) is 10.3. The van der Waals surface area contributed by atoms with Gasteiger partial charge in [-0.1, -0.05) is 55.0 Å². The van der Waals surface area contributed by atoms with Gasteiger partial charge in [0.25, 0.3) is 0 Å². The number of hydrogen-bond donors (Lipinski definition) is 1. The van der Waals surface area contributed by atoms with Gasteiger partial charge in [0.05, 0.1) is 0 Å². The van der Waals surface area contributed by atoms with Gasteiger partial charge in [-0.05, 0) is 72.1 Å². The maximum absolute atomic E-state index is 9.53. The van der Waals surface area contributed by atoms with E-state index in [1.54, 1.807) is 18.5 Å². The summed E-state index contributed by atoms with van der Waals surface area (Å²) in [5.41, 5.74) is 10.2. The molecule has 2 aliphatic carbocycles. The predicted molar refractivity (Wildman–Crippen MR) is 118 cm³/mol. The maximum atomic E-state index is 9.53. The van der Waals surface area contributed by atoms with E-state index in [0.717, 1.165) is 25.7 Å². The van der Waals surface area contributed by atoms with Crippen LogP contribution in [0.15, 0.2) is 72.8 Å². The third kappa shape index (κ3) is 3.88. The van der Waals surface area contributed by atoms with E-state index in [0.29, 0.717) is 0 Å². The molecule has 2 aromatic carbocycles. The van der Waals surface area contributed by atoms with Crippen LogP contribution in [0.2, 0.25) is 0 Å². The molecular weight excluding hydrogens is 356 g/mol. The Bertz CT molecular complexity index is 999. The molecule has 1 heterocycles. The normalized spacial score (nSPS) is 19.1. The van der Waals surface area contributed by atoms with Crippen molar-refractivity contribution in [2.75, 3.05) is 6.61 Å². The van der Waals surface area contributed by atoms with Crippen molar-refractivity contribution in [3.05, 3.63) is 95.1 Å². The lowest BCUT2D eigenvalue weighted by Crippen LogP contribution is -2.28. The molecule has 29 heavy (non-hydrogen) atoms. The van der Waals surface area contributed by atoms with E-state index in [-0.39, 0.29) is 12.0 Å². The number of aliphatic hydroxyl groups is 1. The smallest absolute Gasteiger partial charge is 0.115 e. The fourth-order valence-corrected chi connectivity index (χ4v) is 4.87. The summed E-state index contributed by atoms with van der Waals surface area (Å²) in [5, 5.41) is 9.53. The van der Waals surface area contributed by atoms with E-state index in [2.05, 4.69) is 66.3 Å². The highest BCUT2D eigenvalue weighted by Crippen LogP contribution is 2.44. The van der Waals surface area contributed by atoms with Gasteiger partial charge in [0.15, 0.2) is 0 Å². The van der Waals surface area contributed by atoms with Gasteiger partial charge in [0.1, 0.15) is 6.33 Å². The maximum Gasteiger partial charge on any atom is 0.115 e. The van der Waals surface area contributed by atoms with Gasteiger partial charge in [-0.25, -0.2) is 9.97 Å². The van der Waals surface area contributed by atoms with Crippen molar-refractivity contribution in [2.45, 2.75) is 44.9 Å². The minimum atomic E-state index is -0.0294. The Kier molecular flexibility index (Phi) is 5.59. The fraction of sp³-hybridized carbons (Fsp3) is 0.308. The molecule has 3 aromatic rings. The highest BCUT2D eigenvalue weighted by Gasteiger charge is 2.32. The zero-order chi connectivity index (χ0) is 20.3. The first-order valence-corrected chi connectivity index (χ1v) is 10.3. The number of aromatic nitrogens is 2. The first kappa shape index (κ1) is 19.5. The van der Waals surface area contributed by atoms with Gasteiger partial charge in [0, 0.05) is 24.4 Å². The number of hydrogen-bond acceptors (Lipinski definition) is 3. The third-order valence-corrected chi connectivity index (χ3v) is 6.13. The Balaban J connectivity index is 0.000000294. The average Bonchev–Trinajstić information content (AvgIpc) is 2.75. The molecule has 0 fully saturated rings. The molecule has 1 atom stereocenters. The minimum Gasteiger partial charge on any atom is -0.396 e. The molecule has 3 heteroatoms. The summed E-state index contributed by atoms with van der Waals surface area (Å²) in [7, 11) is 0. The second-order valence-electron chi connectivity index (χ2n) is 8.24. The van der Waals surface area contributed by atoms with Crippen LogP contribution in [0.3, 0.4) is 0 Å². The molecule has 3 nitrogen and oxygen atoms in total. The van der Waals surface area contributed by atoms with Crippen molar-refractivity contribution in [1.82, 2.24) is 9.97 Å². The molecule has 1 unspecified atom stereocenters. The average molecular weight is 385 g/mol. The lowest BCUT2D eigenvalue weighted by molar-refractivity contribution is 0.260. The summed E-state index contributed by atoms with van der Waals surface area (Å²) in [6, 6.07) is 15.2. The number of aliphatic hydroxyl groups excluding tert-OH is 1. The molecule has 0 aliphatic heterocycles. The Morgan fingerprint density at radius 2 is 1.72 bits per heavy atom. The predicted octanol–water partition coefficient (Wildman–Crippen LogP) is 5.07. The van der Waals surface area contributed by atoms with Crippen LogP contribution >= 0.6 is 0 Å². The topological polar surface area (TPSA) is 46.0 Å². The van der Waals surface area contributed by atoms with Crippen LogP contribution in [0, 0.1) is 0 Å². The molecule has 148 valence electrons. The molecule has 5 rings (SSSR count). The highest BCUT2D eigenvalue weighted by molar-refractivity contribution is 5.76. The van der Waals surface area contributed by atoms with E-state index in [4.69, 9.17) is 0 Å². The quantitative estimate of drug-likeness (QED) is 0.627. The monoisotopic (exact) mass is 384 g/mol. The van der Waals surface area contributed by atoms with Crippen molar-refractivity contribution in [3.63, 3.8) is 0 Å². The molecular formula is C26H28N2O. The van der Waals surface area contributed by atoms with Gasteiger partial charge in [-0.15, -0.1) is 0 Å². The van der Waals surface area contributed by atoms with Crippen LogP contribution in [0.5, 0.6) is 0 Å². The van der Waals surface area contributed by atoms with E-state index in [1.165, 1.54) is 45.3 Å². The third-order valence-electron chi connectivity index (χ3n) is 6.13. The van der Waals surface area contributed by atoms with Crippen molar-refractivity contribution in [2.24, 2.45) is 0 Å². The Morgan fingerprint density at radius 1 is 0.931 bits per heavy atom. The molecule has 1 N–H and O–H groups in total. The number of allylic oxidation sites excluding steroid dienone is 2. The Morgan fingerprint density at radius 3 is 2.41 bits per heavy atom. The summed E-state index contributed by atoms with van der Waals surface area (Å²) >= 11 is 0. The van der Waals surface area contributed by atoms with Crippen molar-refractivity contribution in [3.8, 4) is 11.1 Å². The van der Waals surface area contributed by atoms with E-state index in [1.807, 2.05) is 0 Å². The van der Waals surface area contributed by atoms with E-state index in [9.17, 15) is 5.11 Å².